The summed E-state index contributed by atoms with van der Waals surface area (Å²) in [5.74, 6) is -0.0557. The third kappa shape index (κ3) is 4.11. The smallest absolute Gasteiger partial charge is 0.254 e. The van der Waals surface area contributed by atoms with Gasteiger partial charge in [-0.15, -0.1) is 0 Å². The number of methoxy groups -OCH3 is 1. The van der Waals surface area contributed by atoms with Gasteiger partial charge in [0.25, 0.3) is 5.91 Å². The van der Waals surface area contributed by atoms with Gasteiger partial charge in [0.15, 0.2) is 5.78 Å². The second-order valence-electron chi connectivity index (χ2n) is 9.11. The summed E-state index contributed by atoms with van der Waals surface area (Å²) in [6.45, 7) is 6.11. The van der Waals surface area contributed by atoms with Crippen LogP contribution in [-0.4, -0.2) is 18.8 Å². The van der Waals surface area contributed by atoms with E-state index in [1.54, 1.807) is 19.2 Å². The van der Waals surface area contributed by atoms with Gasteiger partial charge >= 0.3 is 0 Å². The fraction of sp³-hybridized carbons (Fsp3) is 0.308. The third-order valence-electron chi connectivity index (χ3n) is 6.06. The summed E-state index contributed by atoms with van der Waals surface area (Å²) >= 11 is 3.65. The number of dihydropyridines is 1. The summed E-state index contributed by atoms with van der Waals surface area (Å²) in [5.41, 5.74) is 4.25. The number of ether oxygens (including phenoxy) is 1. The molecule has 1 atom stereocenters. The minimum Gasteiger partial charge on any atom is -0.495 e. The highest BCUT2D eigenvalue weighted by Crippen LogP contribution is 2.48. The number of benzene rings is 2. The standard InChI is InChI=1S/C26H27BrN2O3/c1-15-22(25(31)29-18-11-7-8-12-21(18)32-4)23(16-9-5-6-10-17(16)27)24-19(28-15)13-26(2,3)14-20(24)30/h5-12,23,28H,13-14H2,1-4H3,(H,29,31)/t23-/m1/s1. The molecule has 166 valence electrons. The van der Waals surface area contributed by atoms with E-state index in [2.05, 4.69) is 40.4 Å². The van der Waals surface area contributed by atoms with Gasteiger partial charge in [-0.25, -0.2) is 0 Å². The lowest BCUT2D eigenvalue weighted by Crippen LogP contribution is -2.39. The quantitative estimate of drug-likeness (QED) is 0.571. The van der Waals surface area contributed by atoms with Crippen LogP contribution in [0.3, 0.4) is 0 Å². The van der Waals surface area contributed by atoms with E-state index in [0.29, 0.717) is 29.0 Å². The van der Waals surface area contributed by atoms with E-state index < -0.39 is 5.92 Å². The van der Waals surface area contributed by atoms with Crippen molar-refractivity contribution in [1.82, 2.24) is 5.32 Å². The predicted octanol–water partition coefficient (Wildman–Crippen LogP) is 5.70. The van der Waals surface area contributed by atoms with E-state index in [-0.39, 0.29) is 17.1 Å². The van der Waals surface area contributed by atoms with Crippen LogP contribution in [0.1, 0.15) is 45.1 Å². The van der Waals surface area contributed by atoms with Crippen LogP contribution in [0, 0.1) is 5.41 Å². The number of nitrogens with one attached hydrogen (secondary N) is 2. The van der Waals surface area contributed by atoms with Gasteiger partial charge in [-0.2, -0.15) is 0 Å². The zero-order valence-electron chi connectivity index (χ0n) is 18.7. The van der Waals surface area contributed by atoms with Gasteiger partial charge < -0.3 is 15.4 Å². The second-order valence-corrected chi connectivity index (χ2v) is 9.96. The van der Waals surface area contributed by atoms with Gasteiger partial charge in [0.05, 0.1) is 12.8 Å². The van der Waals surface area contributed by atoms with Crippen molar-refractivity contribution in [2.45, 2.75) is 39.5 Å². The molecule has 1 aliphatic carbocycles. The molecule has 2 aliphatic rings. The molecule has 6 heteroatoms. The molecule has 0 unspecified atom stereocenters. The molecule has 0 saturated heterocycles. The maximum atomic E-state index is 13.6. The minimum atomic E-state index is -0.458. The lowest BCUT2D eigenvalue weighted by molar-refractivity contribution is -0.118. The molecule has 0 bridgehead atoms. The zero-order valence-corrected chi connectivity index (χ0v) is 20.3. The Balaban J connectivity index is 1.83. The predicted molar refractivity (Wildman–Crippen MR) is 129 cm³/mol. The maximum Gasteiger partial charge on any atom is 0.254 e. The largest absolute Gasteiger partial charge is 0.495 e. The van der Waals surface area contributed by atoms with Crippen LogP contribution >= 0.6 is 15.9 Å². The molecule has 0 fully saturated rings. The Bertz CT molecular complexity index is 1160. The topological polar surface area (TPSA) is 67.4 Å². The Kier molecular flexibility index (Phi) is 5.99. The fourth-order valence-electron chi connectivity index (χ4n) is 4.69. The van der Waals surface area contributed by atoms with E-state index in [0.717, 1.165) is 27.9 Å². The van der Waals surface area contributed by atoms with E-state index in [1.165, 1.54) is 0 Å². The van der Waals surface area contributed by atoms with Crippen LogP contribution < -0.4 is 15.4 Å². The van der Waals surface area contributed by atoms with Crippen LogP contribution in [0.15, 0.2) is 75.5 Å². The van der Waals surface area contributed by atoms with Gasteiger partial charge in [0, 0.05) is 39.4 Å². The molecule has 5 nitrogen and oxygen atoms in total. The number of ketones is 1. The number of hydrogen-bond acceptors (Lipinski definition) is 4. The number of halogens is 1. The summed E-state index contributed by atoms with van der Waals surface area (Å²) in [7, 11) is 1.57. The van der Waals surface area contributed by atoms with Gasteiger partial charge in [-0.1, -0.05) is 60.1 Å². The molecule has 2 N–H and O–H groups in total. The average molecular weight is 495 g/mol. The van der Waals surface area contributed by atoms with Crippen LogP contribution in [0.25, 0.3) is 0 Å². The number of anilines is 1. The second kappa shape index (κ2) is 8.58. The van der Waals surface area contributed by atoms with Crippen LogP contribution in [0.2, 0.25) is 0 Å². The highest BCUT2D eigenvalue weighted by molar-refractivity contribution is 9.10. The Morgan fingerprint density at radius 3 is 2.53 bits per heavy atom. The zero-order chi connectivity index (χ0) is 23.0. The molecule has 4 rings (SSSR count). The molecule has 1 amide bonds. The van der Waals surface area contributed by atoms with E-state index >= 15 is 0 Å². The first-order valence-electron chi connectivity index (χ1n) is 10.6. The van der Waals surface area contributed by atoms with Crippen molar-refractivity contribution in [1.29, 1.82) is 0 Å². The van der Waals surface area contributed by atoms with Crippen LogP contribution in [0.4, 0.5) is 5.69 Å². The number of Topliss-reactive ketones (excluding diaryl/α,β-unsaturated/α-hetero) is 1. The fourth-order valence-corrected chi connectivity index (χ4v) is 5.21. The highest BCUT2D eigenvalue weighted by Gasteiger charge is 2.43. The molecule has 0 spiro atoms. The molecule has 1 aliphatic heterocycles. The van der Waals surface area contributed by atoms with Crippen molar-refractivity contribution in [3.05, 3.63) is 81.1 Å². The van der Waals surface area contributed by atoms with Crippen LogP contribution in [0.5, 0.6) is 5.75 Å². The average Bonchev–Trinajstić information content (AvgIpc) is 2.72. The van der Waals surface area contributed by atoms with Gasteiger partial charge in [-0.3, -0.25) is 9.59 Å². The lowest BCUT2D eigenvalue weighted by Gasteiger charge is -2.40. The van der Waals surface area contributed by atoms with Crippen molar-refractivity contribution >= 4 is 33.3 Å². The molecule has 0 saturated carbocycles. The number of hydrogen-bond donors (Lipinski definition) is 2. The number of amides is 1. The van der Waals surface area contributed by atoms with Gasteiger partial charge in [0.1, 0.15) is 5.75 Å². The van der Waals surface area contributed by atoms with Gasteiger partial charge in [0.2, 0.25) is 0 Å². The maximum absolute atomic E-state index is 13.6. The molecular formula is C26H27BrN2O3. The van der Waals surface area contributed by atoms with E-state index in [1.807, 2.05) is 43.3 Å². The summed E-state index contributed by atoms with van der Waals surface area (Å²) in [6.07, 6.45) is 1.21. The highest BCUT2D eigenvalue weighted by atomic mass is 79.9. The molecule has 0 aromatic heterocycles. The molecule has 2 aromatic rings. The summed E-state index contributed by atoms with van der Waals surface area (Å²) in [4.78, 5) is 27.0. The summed E-state index contributed by atoms with van der Waals surface area (Å²) in [5, 5.41) is 6.40. The third-order valence-corrected chi connectivity index (χ3v) is 6.78. The number of rotatable bonds is 4. The molecule has 2 aromatic carbocycles. The summed E-state index contributed by atoms with van der Waals surface area (Å²) in [6, 6.07) is 15.1. The Labute approximate surface area is 197 Å². The minimum absolute atomic E-state index is 0.0830. The Hall–Kier alpha value is -2.86. The molecular weight excluding hydrogens is 468 g/mol. The van der Waals surface area contributed by atoms with Crippen molar-refractivity contribution in [3.63, 3.8) is 0 Å². The first kappa shape index (κ1) is 22.3. The molecule has 32 heavy (non-hydrogen) atoms. The number of carbonyl (C=O) groups is 2. The van der Waals surface area contributed by atoms with Crippen molar-refractivity contribution in [2.75, 3.05) is 12.4 Å². The molecule has 1 heterocycles. The Morgan fingerprint density at radius 1 is 1.12 bits per heavy atom. The normalized spacial score (nSPS) is 19.9. The lowest BCUT2D eigenvalue weighted by atomic mass is 9.68. The van der Waals surface area contributed by atoms with Crippen molar-refractivity contribution in [2.24, 2.45) is 5.41 Å². The van der Waals surface area contributed by atoms with Gasteiger partial charge in [-0.05, 0) is 42.5 Å². The first-order chi connectivity index (χ1) is 15.2. The Morgan fingerprint density at radius 2 is 1.81 bits per heavy atom. The number of para-hydroxylation sites is 2. The van der Waals surface area contributed by atoms with Crippen molar-refractivity contribution in [3.8, 4) is 5.75 Å². The number of carbonyl (C=O) groups excluding carboxylic acids is 2. The monoisotopic (exact) mass is 494 g/mol. The van der Waals surface area contributed by atoms with E-state index in [4.69, 9.17) is 4.74 Å². The number of allylic oxidation sites excluding steroid dienone is 3. The first-order valence-corrected chi connectivity index (χ1v) is 11.4. The SMILES string of the molecule is COc1ccccc1NC(=O)C1=C(C)NC2=C(C(=O)CC(C)(C)C2)[C@@H]1c1ccccc1Br. The van der Waals surface area contributed by atoms with E-state index in [9.17, 15) is 9.59 Å². The van der Waals surface area contributed by atoms with Crippen LogP contribution in [-0.2, 0) is 9.59 Å². The van der Waals surface area contributed by atoms with Crippen molar-refractivity contribution < 1.29 is 14.3 Å². The summed E-state index contributed by atoms with van der Waals surface area (Å²) < 4.78 is 6.27. The molecule has 0 radical (unpaired) electrons.